The van der Waals surface area contributed by atoms with Crippen molar-refractivity contribution in [2.75, 3.05) is 0 Å². The molecule has 1 aromatic rings. The fourth-order valence-corrected chi connectivity index (χ4v) is 2.69. The number of carbonyl (C=O) groups is 1. The molecule has 0 aromatic carbocycles. The molecule has 0 spiro atoms. The molecule has 0 N–H and O–H groups in total. The lowest BCUT2D eigenvalue weighted by molar-refractivity contribution is 0.101. The van der Waals surface area contributed by atoms with Gasteiger partial charge in [-0.1, -0.05) is 13.8 Å². The van der Waals surface area contributed by atoms with Gasteiger partial charge in [0.05, 0.1) is 12.3 Å². The molecule has 3 nitrogen and oxygen atoms in total. The molecule has 2 rings (SSSR count). The highest BCUT2D eigenvalue weighted by atomic mass is 16.5. The molecule has 1 aliphatic rings. The van der Waals surface area contributed by atoms with Gasteiger partial charge in [-0.15, -0.1) is 0 Å². The zero-order valence-corrected chi connectivity index (χ0v) is 10.4. The Kier molecular flexibility index (Phi) is 3.77. The Balaban J connectivity index is 1.97. The summed E-state index contributed by atoms with van der Waals surface area (Å²) in [7, 11) is 0. The second kappa shape index (κ2) is 5.30. The van der Waals surface area contributed by atoms with Crippen LogP contribution in [0, 0.1) is 11.8 Å². The maximum absolute atomic E-state index is 10.5. The van der Waals surface area contributed by atoms with E-state index in [9.17, 15) is 4.79 Å². The summed E-state index contributed by atoms with van der Waals surface area (Å²) < 4.78 is 5.92. The van der Waals surface area contributed by atoms with Gasteiger partial charge in [0.2, 0.25) is 0 Å². The van der Waals surface area contributed by atoms with Gasteiger partial charge in [0.25, 0.3) is 0 Å². The topological polar surface area (TPSA) is 39.2 Å². The van der Waals surface area contributed by atoms with Crippen LogP contribution in [-0.4, -0.2) is 17.4 Å². The summed E-state index contributed by atoms with van der Waals surface area (Å²) in [5.41, 5.74) is 0.447. The summed E-state index contributed by atoms with van der Waals surface area (Å²) in [5.74, 6) is 2.22. The van der Waals surface area contributed by atoms with E-state index in [4.69, 9.17) is 4.74 Å². The Morgan fingerprint density at radius 3 is 2.47 bits per heavy atom. The third-order valence-electron chi connectivity index (χ3n) is 3.32. The van der Waals surface area contributed by atoms with E-state index in [-0.39, 0.29) is 6.10 Å². The number of nitrogens with zero attached hydrogens (tertiary/aromatic N) is 1. The van der Waals surface area contributed by atoms with Crippen molar-refractivity contribution in [2.24, 2.45) is 11.8 Å². The lowest BCUT2D eigenvalue weighted by atomic mass is 9.82. The van der Waals surface area contributed by atoms with Gasteiger partial charge in [-0.05, 0) is 43.2 Å². The van der Waals surface area contributed by atoms with Crippen LogP contribution in [0.2, 0.25) is 0 Å². The first-order chi connectivity index (χ1) is 8.17. The molecular formula is C14H19NO2. The minimum absolute atomic E-state index is 0.289. The fraction of sp³-hybridized carbons (Fsp3) is 0.571. The predicted molar refractivity (Wildman–Crippen MR) is 66.2 cm³/mol. The first-order valence-electron chi connectivity index (χ1n) is 6.25. The van der Waals surface area contributed by atoms with E-state index in [0.29, 0.717) is 5.69 Å². The van der Waals surface area contributed by atoms with Gasteiger partial charge in [-0.2, -0.15) is 0 Å². The second-order valence-corrected chi connectivity index (χ2v) is 5.19. The Bertz CT molecular complexity index is 364. The van der Waals surface area contributed by atoms with Crippen LogP contribution in [0.4, 0.5) is 0 Å². The van der Waals surface area contributed by atoms with Gasteiger partial charge in [-0.25, -0.2) is 4.98 Å². The number of carbonyl (C=O) groups excluding carboxylic acids is 1. The fourth-order valence-electron chi connectivity index (χ4n) is 2.69. The summed E-state index contributed by atoms with van der Waals surface area (Å²) in [5, 5.41) is 0. The number of aromatic nitrogens is 1. The van der Waals surface area contributed by atoms with E-state index in [1.54, 1.807) is 12.3 Å². The molecule has 1 fully saturated rings. The number of rotatable bonds is 3. The number of hydrogen-bond donors (Lipinski definition) is 0. The second-order valence-electron chi connectivity index (χ2n) is 5.19. The van der Waals surface area contributed by atoms with E-state index < -0.39 is 0 Å². The van der Waals surface area contributed by atoms with Crippen LogP contribution in [-0.2, 0) is 0 Å². The van der Waals surface area contributed by atoms with Crippen LogP contribution in [0.15, 0.2) is 18.3 Å². The van der Waals surface area contributed by atoms with Crippen molar-refractivity contribution in [3.05, 3.63) is 24.0 Å². The molecule has 0 aliphatic heterocycles. The summed E-state index contributed by atoms with van der Waals surface area (Å²) in [6.45, 7) is 4.56. The SMILES string of the molecule is CC1CC(C)CC(Oc2ccc(C=O)nc2)C1. The van der Waals surface area contributed by atoms with E-state index in [0.717, 1.165) is 36.7 Å². The normalized spacial score (nSPS) is 28.7. The Morgan fingerprint density at radius 2 is 1.94 bits per heavy atom. The maximum atomic E-state index is 10.5. The standard InChI is InChI=1S/C14H19NO2/c1-10-5-11(2)7-14(6-10)17-13-4-3-12(9-16)15-8-13/h3-4,8-11,14H,5-7H2,1-2H3. The van der Waals surface area contributed by atoms with Crippen LogP contribution in [0.25, 0.3) is 0 Å². The smallest absolute Gasteiger partial charge is 0.168 e. The molecule has 0 saturated heterocycles. The number of pyridine rings is 1. The average Bonchev–Trinajstić information content (AvgIpc) is 2.28. The molecule has 1 aliphatic carbocycles. The van der Waals surface area contributed by atoms with Crippen molar-refractivity contribution in [3.8, 4) is 5.75 Å². The molecule has 2 unspecified atom stereocenters. The number of hydrogen-bond acceptors (Lipinski definition) is 3. The van der Waals surface area contributed by atoms with Crippen molar-refractivity contribution >= 4 is 6.29 Å². The molecule has 0 radical (unpaired) electrons. The van der Waals surface area contributed by atoms with E-state index in [1.165, 1.54) is 6.42 Å². The van der Waals surface area contributed by atoms with Crippen LogP contribution in [0.5, 0.6) is 5.75 Å². The maximum Gasteiger partial charge on any atom is 0.168 e. The number of ether oxygens (including phenoxy) is 1. The molecule has 3 heteroatoms. The Morgan fingerprint density at radius 1 is 1.24 bits per heavy atom. The van der Waals surface area contributed by atoms with Crippen LogP contribution in [0.3, 0.4) is 0 Å². The van der Waals surface area contributed by atoms with Crippen molar-refractivity contribution in [1.29, 1.82) is 0 Å². The highest BCUT2D eigenvalue weighted by molar-refractivity contribution is 5.71. The minimum atomic E-state index is 0.289. The van der Waals surface area contributed by atoms with Crippen molar-refractivity contribution in [3.63, 3.8) is 0 Å². The highest BCUT2D eigenvalue weighted by Crippen LogP contribution is 2.31. The largest absolute Gasteiger partial charge is 0.489 e. The third-order valence-corrected chi connectivity index (χ3v) is 3.32. The summed E-state index contributed by atoms with van der Waals surface area (Å²) in [6, 6.07) is 3.51. The zero-order valence-electron chi connectivity index (χ0n) is 10.4. The third kappa shape index (κ3) is 3.29. The monoisotopic (exact) mass is 233 g/mol. The molecule has 92 valence electrons. The molecule has 2 atom stereocenters. The van der Waals surface area contributed by atoms with E-state index in [1.807, 2.05) is 6.07 Å². The first kappa shape index (κ1) is 12.1. The highest BCUT2D eigenvalue weighted by Gasteiger charge is 2.25. The average molecular weight is 233 g/mol. The zero-order chi connectivity index (χ0) is 12.3. The van der Waals surface area contributed by atoms with Gasteiger partial charge >= 0.3 is 0 Å². The van der Waals surface area contributed by atoms with Gasteiger partial charge in [0.1, 0.15) is 11.4 Å². The molecule has 1 aromatic heterocycles. The van der Waals surface area contributed by atoms with Gasteiger partial charge in [-0.3, -0.25) is 4.79 Å². The minimum Gasteiger partial charge on any atom is -0.489 e. The molecule has 1 heterocycles. The molecule has 0 amide bonds. The number of aldehydes is 1. The van der Waals surface area contributed by atoms with E-state index >= 15 is 0 Å². The van der Waals surface area contributed by atoms with Gasteiger partial charge in [0.15, 0.2) is 6.29 Å². The molecule has 0 bridgehead atoms. The lowest BCUT2D eigenvalue weighted by Gasteiger charge is -2.31. The molecule has 1 saturated carbocycles. The Hall–Kier alpha value is -1.38. The first-order valence-corrected chi connectivity index (χ1v) is 6.25. The summed E-state index contributed by atoms with van der Waals surface area (Å²) in [4.78, 5) is 14.5. The van der Waals surface area contributed by atoms with Crippen LogP contribution in [0.1, 0.15) is 43.6 Å². The van der Waals surface area contributed by atoms with E-state index in [2.05, 4.69) is 18.8 Å². The summed E-state index contributed by atoms with van der Waals surface area (Å²) >= 11 is 0. The van der Waals surface area contributed by atoms with Crippen LogP contribution < -0.4 is 4.74 Å². The van der Waals surface area contributed by atoms with Crippen molar-refractivity contribution in [1.82, 2.24) is 4.98 Å². The molecular weight excluding hydrogens is 214 g/mol. The lowest BCUT2D eigenvalue weighted by Crippen LogP contribution is -2.28. The van der Waals surface area contributed by atoms with Crippen LogP contribution >= 0.6 is 0 Å². The quantitative estimate of drug-likeness (QED) is 0.753. The van der Waals surface area contributed by atoms with Gasteiger partial charge in [0, 0.05) is 0 Å². The van der Waals surface area contributed by atoms with Gasteiger partial charge < -0.3 is 4.74 Å². The Labute approximate surface area is 102 Å². The predicted octanol–water partition coefficient (Wildman–Crippen LogP) is 3.10. The summed E-state index contributed by atoms with van der Waals surface area (Å²) in [6.07, 6.45) is 6.18. The molecule has 17 heavy (non-hydrogen) atoms. The van der Waals surface area contributed by atoms with Crippen molar-refractivity contribution < 1.29 is 9.53 Å². The van der Waals surface area contributed by atoms with Crippen molar-refractivity contribution in [2.45, 2.75) is 39.2 Å².